The highest BCUT2D eigenvalue weighted by molar-refractivity contribution is 5.85. The number of halogens is 1. The van der Waals surface area contributed by atoms with Crippen molar-refractivity contribution in [2.75, 3.05) is 19.7 Å². The van der Waals surface area contributed by atoms with Crippen LogP contribution in [-0.4, -0.2) is 19.7 Å². The van der Waals surface area contributed by atoms with Gasteiger partial charge in [-0.15, -0.1) is 12.4 Å². The minimum Gasteiger partial charge on any atom is -0.493 e. The minimum absolute atomic E-state index is 0. The molecule has 0 unspecified atom stereocenters. The fourth-order valence-corrected chi connectivity index (χ4v) is 3.64. The Hall–Kier alpha value is -0.730. The van der Waals surface area contributed by atoms with Gasteiger partial charge < -0.3 is 10.1 Å². The van der Waals surface area contributed by atoms with Crippen LogP contribution in [0.5, 0.6) is 5.75 Å². The Kier molecular flexibility index (Phi) is 6.85. The molecule has 2 nitrogen and oxygen atoms in total. The highest BCUT2D eigenvalue weighted by Crippen LogP contribution is 2.33. The van der Waals surface area contributed by atoms with Crippen LogP contribution in [0.4, 0.5) is 0 Å². The number of nitrogens with one attached hydrogen (secondary N) is 1. The van der Waals surface area contributed by atoms with Gasteiger partial charge in [0.1, 0.15) is 5.75 Å². The maximum atomic E-state index is 6.21. The van der Waals surface area contributed by atoms with Gasteiger partial charge in [-0.05, 0) is 62.2 Å². The molecule has 1 N–H and O–H groups in total. The molecule has 0 bridgehead atoms. The van der Waals surface area contributed by atoms with Gasteiger partial charge in [-0.2, -0.15) is 0 Å². The summed E-state index contributed by atoms with van der Waals surface area (Å²) in [4.78, 5) is 0. The molecule has 0 amide bonds. The number of rotatable bonds is 4. The highest BCUT2D eigenvalue weighted by Gasteiger charge is 2.20. The first-order valence-electron chi connectivity index (χ1n) is 8.36. The maximum absolute atomic E-state index is 6.21. The molecule has 0 radical (unpaired) electrons. The second kappa shape index (κ2) is 8.65. The van der Waals surface area contributed by atoms with Gasteiger partial charge in [0.15, 0.2) is 0 Å². The van der Waals surface area contributed by atoms with Crippen LogP contribution in [-0.2, 0) is 0 Å². The van der Waals surface area contributed by atoms with E-state index in [-0.39, 0.29) is 12.4 Å². The lowest BCUT2D eigenvalue weighted by Crippen LogP contribution is -2.27. The zero-order chi connectivity index (χ0) is 13.6. The molecule has 1 aliphatic carbocycles. The van der Waals surface area contributed by atoms with Gasteiger partial charge in [-0.3, -0.25) is 0 Å². The average molecular weight is 310 g/mol. The van der Waals surface area contributed by atoms with E-state index >= 15 is 0 Å². The third-order valence-electron chi connectivity index (χ3n) is 4.90. The van der Waals surface area contributed by atoms with Gasteiger partial charge in [0.25, 0.3) is 0 Å². The van der Waals surface area contributed by atoms with Crippen LogP contribution in [0.25, 0.3) is 0 Å². The molecule has 1 aromatic rings. The molecule has 1 heterocycles. The third-order valence-corrected chi connectivity index (χ3v) is 4.90. The van der Waals surface area contributed by atoms with E-state index in [0.717, 1.165) is 31.4 Å². The molecule has 21 heavy (non-hydrogen) atoms. The van der Waals surface area contributed by atoms with Crippen LogP contribution in [0.15, 0.2) is 24.3 Å². The van der Waals surface area contributed by atoms with E-state index in [9.17, 15) is 0 Å². The fourth-order valence-electron chi connectivity index (χ4n) is 3.64. The molecule has 0 spiro atoms. The summed E-state index contributed by atoms with van der Waals surface area (Å²) in [5, 5.41) is 3.45. The lowest BCUT2D eigenvalue weighted by Gasteiger charge is -2.26. The first-order valence-corrected chi connectivity index (χ1v) is 8.36. The molecule has 0 atom stereocenters. The Morgan fingerprint density at radius 2 is 1.67 bits per heavy atom. The first kappa shape index (κ1) is 16.6. The van der Waals surface area contributed by atoms with Crippen LogP contribution < -0.4 is 10.1 Å². The molecule has 1 saturated heterocycles. The topological polar surface area (TPSA) is 21.3 Å². The van der Waals surface area contributed by atoms with Crippen LogP contribution >= 0.6 is 12.4 Å². The molecule has 1 saturated carbocycles. The van der Waals surface area contributed by atoms with Crippen molar-refractivity contribution >= 4 is 12.4 Å². The molecular formula is C18H28ClNO. The van der Waals surface area contributed by atoms with Gasteiger partial charge in [0, 0.05) is 0 Å². The fraction of sp³-hybridized carbons (Fsp3) is 0.667. The van der Waals surface area contributed by atoms with Crippen molar-refractivity contribution in [3.8, 4) is 5.75 Å². The second-order valence-corrected chi connectivity index (χ2v) is 6.38. The lowest BCUT2D eigenvalue weighted by atomic mass is 9.89. The number of benzene rings is 1. The average Bonchev–Trinajstić information content (AvgIpc) is 2.55. The Morgan fingerprint density at radius 3 is 2.43 bits per heavy atom. The zero-order valence-electron chi connectivity index (χ0n) is 12.9. The largest absolute Gasteiger partial charge is 0.493 e. The van der Waals surface area contributed by atoms with Crippen LogP contribution in [0.3, 0.4) is 0 Å². The number of ether oxygens (including phenoxy) is 1. The molecule has 118 valence electrons. The van der Waals surface area contributed by atoms with Gasteiger partial charge in [0.2, 0.25) is 0 Å². The van der Waals surface area contributed by atoms with Gasteiger partial charge >= 0.3 is 0 Å². The van der Waals surface area contributed by atoms with E-state index in [1.165, 1.54) is 50.5 Å². The zero-order valence-corrected chi connectivity index (χ0v) is 13.7. The standard InChI is InChI=1S/C18H27NO.ClH/c1-2-6-15(7-3-1)14-20-18-9-5-4-8-17(18)16-10-12-19-13-11-16;/h4-5,8-9,15-16,19H,1-3,6-7,10-14H2;1H. The minimum atomic E-state index is 0. The first-order chi connectivity index (χ1) is 9.93. The van der Waals surface area contributed by atoms with Crippen molar-refractivity contribution in [1.29, 1.82) is 0 Å². The quantitative estimate of drug-likeness (QED) is 0.882. The van der Waals surface area contributed by atoms with Gasteiger partial charge in [0.05, 0.1) is 6.61 Å². The third kappa shape index (κ3) is 4.62. The molecule has 0 aromatic heterocycles. The summed E-state index contributed by atoms with van der Waals surface area (Å²) in [5.41, 5.74) is 1.44. The lowest BCUT2D eigenvalue weighted by molar-refractivity contribution is 0.206. The van der Waals surface area contributed by atoms with Crippen molar-refractivity contribution in [2.45, 2.75) is 50.9 Å². The Labute approximate surface area is 135 Å². The van der Waals surface area contributed by atoms with E-state index in [1.54, 1.807) is 0 Å². The number of hydrogen-bond donors (Lipinski definition) is 1. The molecule has 1 aliphatic heterocycles. The van der Waals surface area contributed by atoms with E-state index in [4.69, 9.17) is 4.74 Å². The molecular weight excluding hydrogens is 282 g/mol. The Balaban J connectivity index is 0.00000161. The second-order valence-electron chi connectivity index (χ2n) is 6.38. The maximum Gasteiger partial charge on any atom is 0.122 e. The predicted octanol–water partition coefficient (Wildman–Crippen LogP) is 4.53. The number of piperidine rings is 1. The summed E-state index contributed by atoms with van der Waals surface area (Å²) in [6, 6.07) is 8.71. The van der Waals surface area contributed by atoms with Crippen LogP contribution in [0.1, 0.15) is 56.4 Å². The monoisotopic (exact) mass is 309 g/mol. The van der Waals surface area contributed by atoms with Crippen LogP contribution in [0, 0.1) is 5.92 Å². The Bertz CT molecular complexity index is 411. The molecule has 1 aromatic carbocycles. The van der Waals surface area contributed by atoms with Crippen molar-refractivity contribution in [3.05, 3.63) is 29.8 Å². The SMILES string of the molecule is Cl.c1ccc(C2CCNCC2)c(OCC2CCCCC2)c1. The van der Waals surface area contributed by atoms with Crippen molar-refractivity contribution < 1.29 is 4.74 Å². The van der Waals surface area contributed by atoms with E-state index in [0.29, 0.717) is 5.92 Å². The normalized spacial score (nSPS) is 20.8. The van der Waals surface area contributed by atoms with Crippen molar-refractivity contribution in [2.24, 2.45) is 5.92 Å². The summed E-state index contributed by atoms with van der Waals surface area (Å²) in [6.07, 6.45) is 9.40. The smallest absolute Gasteiger partial charge is 0.122 e. The summed E-state index contributed by atoms with van der Waals surface area (Å²) in [6.45, 7) is 3.20. The highest BCUT2D eigenvalue weighted by atomic mass is 35.5. The van der Waals surface area contributed by atoms with E-state index < -0.39 is 0 Å². The van der Waals surface area contributed by atoms with E-state index in [2.05, 4.69) is 29.6 Å². The summed E-state index contributed by atoms with van der Waals surface area (Å²) in [5.74, 6) is 2.61. The summed E-state index contributed by atoms with van der Waals surface area (Å²) >= 11 is 0. The van der Waals surface area contributed by atoms with Gasteiger partial charge in [-0.1, -0.05) is 37.5 Å². The Morgan fingerprint density at radius 1 is 0.952 bits per heavy atom. The van der Waals surface area contributed by atoms with Crippen LogP contribution in [0.2, 0.25) is 0 Å². The summed E-state index contributed by atoms with van der Waals surface area (Å²) < 4.78 is 6.21. The number of para-hydroxylation sites is 1. The van der Waals surface area contributed by atoms with E-state index in [1.807, 2.05) is 0 Å². The summed E-state index contributed by atoms with van der Waals surface area (Å²) in [7, 11) is 0. The number of hydrogen-bond acceptors (Lipinski definition) is 2. The molecule has 2 fully saturated rings. The molecule has 3 rings (SSSR count). The predicted molar refractivity (Wildman–Crippen MR) is 90.6 cm³/mol. The van der Waals surface area contributed by atoms with Crippen molar-refractivity contribution in [3.63, 3.8) is 0 Å². The van der Waals surface area contributed by atoms with Gasteiger partial charge in [-0.25, -0.2) is 0 Å². The van der Waals surface area contributed by atoms with Crippen molar-refractivity contribution in [1.82, 2.24) is 5.32 Å². The molecule has 3 heteroatoms. The molecule has 2 aliphatic rings.